The Hall–Kier alpha value is -2.24. The molecule has 7 N–H and O–H groups in total. The van der Waals surface area contributed by atoms with Gasteiger partial charge in [0.05, 0.1) is 19.8 Å². The molecule has 0 bridgehead atoms. The Morgan fingerprint density at radius 3 is 1.52 bits per heavy atom. The molecule has 2 aliphatic heterocycles. The quantitative estimate of drug-likeness (QED) is 0.0144. The van der Waals surface area contributed by atoms with Crippen molar-refractivity contribution in [2.75, 3.05) is 26.4 Å². The highest BCUT2D eigenvalue weighted by atomic mass is 16.7. The Bertz CT molecular complexity index is 1310. The largest absolute Gasteiger partial charge is 0.462 e. The second-order valence-electron chi connectivity index (χ2n) is 18.1. The summed E-state index contributed by atoms with van der Waals surface area (Å²) in [4.78, 5) is 25.7. The fraction of sp³-hybridized carbons (Fsp3) is 0.863. The minimum Gasteiger partial charge on any atom is -0.462 e. The molecular formula is C51H90O15. The molecule has 2 rings (SSSR count). The molecule has 0 aromatic carbocycles. The van der Waals surface area contributed by atoms with E-state index in [4.69, 9.17) is 28.4 Å². The Kier molecular flexibility index (Phi) is 35.0. The molecule has 15 nitrogen and oxygen atoms in total. The number of unbranched alkanes of at least 4 members (excludes halogenated alkanes) is 21. The summed E-state index contributed by atoms with van der Waals surface area (Å²) in [7, 11) is 0. The SMILES string of the molecule is CCCCCCCC=C=CCCCCCCCC(=O)OC[C@H](CO[C@@H]1O[C@H](CO[C@@H]2O[C@H](CO)[C@H](O)C(O)C2O)[C@H](O)C(O)C1O)OC(=O)CCCC/C=C/CCCCCCCCCCC. The molecule has 0 radical (unpaired) electrons. The first kappa shape index (κ1) is 59.9. The molecule has 11 atom stereocenters. The Balaban J connectivity index is 1.83. The van der Waals surface area contributed by atoms with E-state index in [1.807, 2.05) is 0 Å². The predicted octanol–water partition coefficient (Wildman–Crippen LogP) is 6.92. The number of aliphatic hydroxyl groups excluding tert-OH is 7. The molecule has 4 unspecified atom stereocenters. The number of hydrogen-bond donors (Lipinski definition) is 7. The second kappa shape index (κ2) is 38.6. The van der Waals surface area contributed by atoms with Crippen LogP contribution >= 0.6 is 0 Å². The minimum absolute atomic E-state index is 0.132. The predicted molar refractivity (Wildman–Crippen MR) is 251 cm³/mol. The van der Waals surface area contributed by atoms with Gasteiger partial charge in [-0.2, -0.15) is 0 Å². The molecule has 66 heavy (non-hydrogen) atoms. The average molecular weight is 943 g/mol. The lowest BCUT2D eigenvalue weighted by atomic mass is 9.98. The van der Waals surface area contributed by atoms with Crippen molar-refractivity contribution < 1.29 is 73.8 Å². The molecule has 0 aliphatic carbocycles. The Labute approximate surface area is 395 Å². The van der Waals surface area contributed by atoms with Gasteiger partial charge in [-0.3, -0.25) is 9.59 Å². The van der Waals surface area contributed by atoms with E-state index in [9.17, 15) is 45.3 Å². The summed E-state index contributed by atoms with van der Waals surface area (Å²) in [5, 5.41) is 72.0. The van der Waals surface area contributed by atoms with Gasteiger partial charge in [-0.1, -0.05) is 122 Å². The van der Waals surface area contributed by atoms with Crippen LogP contribution in [-0.2, 0) is 38.0 Å². The smallest absolute Gasteiger partial charge is 0.306 e. The van der Waals surface area contributed by atoms with Crippen LogP contribution in [0.5, 0.6) is 0 Å². The topological polar surface area (TPSA) is 231 Å². The van der Waals surface area contributed by atoms with Crippen LogP contribution in [0, 0.1) is 0 Å². The molecule has 384 valence electrons. The lowest BCUT2D eigenvalue weighted by Gasteiger charge is -2.42. The highest BCUT2D eigenvalue weighted by molar-refractivity contribution is 5.70. The van der Waals surface area contributed by atoms with Gasteiger partial charge in [0.15, 0.2) is 18.7 Å². The van der Waals surface area contributed by atoms with E-state index in [1.54, 1.807) is 0 Å². The fourth-order valence-corrected chi connectivity index (χ4v) is 7.89. The van der Waals surface area contributed by atoms with Gasteiger partial charge in [-0.15, -0.1) is 5.73 Å². The van der Waals surface area contributed by atoms with Crippen LogP contribution in [0.25, 0.3) is 0 Å². The van der Waals surface area contributed by atoms with E-state index in [0.717, 1.165) is 57.8 Å². The van der Waals surface area contributed by atoms with E-state index in [2.05, 4.69) is 43.9 Å². The molecule has 0 spiro atoms. The molecule has 0 amide bonds. The van der Waals surface area contributed by atoms with Crippen molar-refractivity contribution in [1.82, 2.24) is 0 Å². The first-order chi connectivity index (χ1) is 32.0. The zero-order chi connectivity index (χ0) is 48.2. The number of ether oxygens (including phenoxy) is 6. The molecule has 0 aromatic heterocycles. The van der Waals surface area contributed by atoms with E-state index in [0.29, 0.717) is 12.8 Å². The number of carbonyl (C=O) groups excluding carboxylic acids is 2. The minimum atomic E-state index is -1.77. The molecule has 2 saturated heterocycles. The number of esters is 2. The Morgan fingerprint density at radius 1 is 0.515 bits per heavy atom. The number of allylic oxidation sites excluding steroid dienone is 3. The fourth-order valence-electron chi connectivity index (χ4n) is 7.89. The highest BCUT2D eigenvalue weighted by Crippen LogP contribution is 2.26. The second-order valence-corrected chi connectivity index (χ2v) is 18.1. The van der Waals surface area contributed by atoms with Crippen LogP contribution < -0.4 is 0 Å². The monoisotopic (exact) mass is 943 g/mol. The van der Waals surface area contributed by atoms with Crippen molar-refractivity contribution in [3.05, 3.63) is 30.0 Å². The zero-order valence-corrected chi connectivity index (χ0v) is 40.5. The maximum absolute atomic E-state index is 13.0. The van der Waals surface area contributed by atoms with Crippen molar-refractivity contribution >= 4 is 11.9 Å². The molecule has 2 heterocycles. The molecule has 0 aromatic rings. The van der Waals surface area contributed by atoms with Gasteiger partial charge in [0, 0.05) is 12.8 Å². The normalized spacial score (nSPS) is 26.0. The zero-order valence-electron chi connectivity index (χ0n) is 40.5. The maximum Gasteiger partial charge on any atom is 0.306 e. The standard InChI is InChI=1S/C51H90O15/c1-3-5-7-9-11-13-15-17-19-21-23-25-27-29-31-33-42(53)61-36-39(64-43(54)34-32-30-28-26-24-22-20-18-16-14-12-10-8-6-4-2)37-62-50-49(60)47(58)45(56)41(66-50)38-63-51-48(59)46(57)44(55)40(35-52)65-51/h15,19,24,26,39-41,44-52,55-60H,3-14,16,18,20-23,25,27-38H2,1-2H3/b26-24+/t17?,39-,40-,41-,44+,45+,46?,47?,48?,49?,50-,51-/m1/s1. The van der Waals surface area contributed by atoms with Gasteiger partial charge in [0.25, 0.3) is 0 Å². The van der Waals surface area contributed by atoms with Crippen molar-refractivity contribution in [3.8, 4) is 0 Å². The summed E-state index contributed by atoms with van der Waals surface area (Å²) in [6.07, 6.45) is 19.9. The number of rotatable bonds is 39. The molecule has 2 fully saturated rings. The summed E-state index contributed by atoms with van der Waals surface area (Å²) < 4.78 is 33.5. The van der Waals surface area contributed by atoms with Crippen molar-refractivity contribution in [1.29, 1.82) is 0 Å². The summed E-state index contributed by atoms with van der Waals surface area (Å²) in [5.74, 6) is -0.969. The molecular weight excluding hydrogens is 853 g/mol. The summed E-state index contributed by atoms with van der Waals surface area (Å²) in [6, 6.07) is 0. The molecule has 0 saturated carbocycles. The highest BCUT2D eigenvalue weighted by Gasteiger charge is 2.47. The first-order valence-corrected chi connectivity index (χ1v) is 25.7. The molecule has 15 heteroatoms. The van der Waals surface area contributed by atoms with Crippen LogP contribution in [0.15, 0.2) is 30.0 Å². The maximum atomic E-state index is 13.0. The third-order valence-corrected chi connectivity index (χ3v) is 12.2. The number of hydrogen-bond acceptors (Lipinski definition) is 15. The Morgan fingerprint density at radius 2 is 0.955 bits per heavy atom. The van der Waals surface area contributed by atoms with Crippen LogP contribution in [0.4, 0.5) is 0 Å². The van der Waals surface area contributed by atoms with Crippen LogP contribution in [0.2, 0.25) is 0 Å². The van der Waals surface area contributed by atoms with E-state index >= 15 is 0 Å². The van der Waals surface area contributed by atoms with Crippen LogP contribution in [0.3, 0.4) is 0 Å². The van der Waals surface area contributed by atoms with Gasteiger partial charge >= 0.3 is 11.9 Å². The summed E-state index contributed by atoms with van der Waals surface area (Å²) in [6.45, 7) is 2.53. The lowest BCUT2D eigenvalue weighted by Crippen LogP contribution is -2.61. The van der Waals surface area contributed by atoms with Crippen molar-refractivity contribution in [2.24, 2.45) is 0 Å². The van der Waals surface area contributed by atoms with E-state index in [-0.39, 0.29) is 19.4 Å². The van der Waals surface area contributed by atoms with E-state index in [1.165, 1.54) is 89.9 Å². The van der Waals surface area contributed by atoms with Gasteiger partial charge in [-0.25, -0.2) is 0 Å². The third kappa shape index (κ3) is 26.5. The van der Waals surface area contributed by atoms with Crippen LogP contribution in [-0.4, -0.2) is 142 Å². The van der Waals surface area contributed by atoms with Gasteiger partial charge in [0.1, 0.15) is 55.4 Å². The summed E-state index contributed by atoms with van der Waals surface area (Å²) >= 11 is 0. The third-order valence-electron chi connectivity index (χ3n) is 12.2. The molecule has 2 aliphatic rings. The number of aliphatic hydroxyl groups is 7. The van der Waals surface area contributed by atoms with Gasteiger partial charge in [-0.05, 0) is 76.4 Å². The average Bonchev–Trinajstić information content (AvgIpc) is 3.31. The van der Waals surface area contributed by atoms with Crippen LogP contribution in [0.1, 0.15) is 187 Å². The van der Waals surface area contributed by atoms with Crippen molar-refractivity contribution in [3.63, 3.8) is 0 Å². The van der Waals surface area contributed by atoms with Crippen molar-refractivity contribution in [2.45, 2.75) is 255 Å². The summed E-state index contributed by atoms with van der Waals surface area (Å²) in [5.41, 5.74) is 3.29. The first-order valence-electron chi connectivity index (χ1n) is 25.7. The van der Waals surface area contributed by atoms with E-state index < -0.39 is 99.3 Å². The lowest BCUT2D eigenvalue weighted by molar-refractivity contribution is -0.332. The van der Waals surface area contributed by atoms with Gasteiger partial charge in [0.2, 0.25) is 0 Å². The number of carbonyl (C=O) groups is 2. The van der Waals surface area contributed by atoms with Gasteiger partial charge < -0.3 is 64.2 Å².